The predicted molar refractivity (Wildman–Crippen MR) is 134 cm³/mol. The molecule has 10 heteroatoms. The predicted octanol–water partition coefficient (Wildman–Crippen LogP) is 5.18. The van der Waals surface area contributed by atoms with Gasteiger partial charge in [0.1, 0.15) is 10.9 Å². The van der Waals surface area contributed by atoms with Crippen molar-refractivity contribution in [3.63, 3.8) is 0 Å². The molecule has 37 heavy (non-hydrogen) atoms. The van der Waals surface area contributed by atoms with Crippen LogP contribution in [0.15, 0.2) is 60.7 Å². The summed E-state index contributed by atoms with van der Waals surface area (Å²) in [5, 5.41) is 0.172. The molecule has 5 rings (SSSR count). The zero-order valence-corrected chi connectivity index (χ0v) is 20.8. The van der Waals surface area contributed by atoms with Crippen molar-refractivity contribution in [3.8, 4) is 11.6 Å². The van der Waals surface area contributed by atoms with Crippen molar-refractivity contribution in [1.82, 2.24) is 9.88 Å². The molecular formula is C27H24ClF2N3O4. The van der Waals surface area contributed by atoms with Crippen LogP contribution in [-0.4, -0.2) is 55.1 Å². The Balaban J connectivity index is 1.34. The molecule has 2 amide bonds. The summed E-state index contributed by atoms with van der Waals surface area (Å²) in [6, 6.07) is 16.6. The Bertz CT molecular complexity index is 1330. The Kier molecular flexibility index (Phi) is 6.72. The van der Waals surface area contributed by atoms with Gasteiger partial charge in [0.05, 0.1) is 7.11 Å². The second-order valence-electron chi connectivity index (χ2n) is 9.10. The summed E-state index contributed by atoms with van der Waals surface area (Å²) in [6.07, 6.45) is 1.35. The fourth-order valence-corrected chi connectivity index (χ4v) is 5.40. The van der Waals surface area contributed by atoms with Gasteiger partial charge < -0.3 is 19.3 Å². The fourth-order valence-electron chi connectivity index (χ4n) is 5.20. The molecule has 0 bridgehead atoms. The Hall–Kier alpha value is -3.72. The van der Waals surface area contributed by atoms with Gasteiger partial charge in [-0.3, -0.25) is 9.59 Å². The number of methoxy groups -OCH3 is 1. The highest BCUT2D eigenvalue weighted by Crippen LogP contribution is 2.47. The Morgan fingerprint density at radius 2 is 1.70 bits per heavy atom. The number of alkyl halides is 2. The maximum Gasteiger partial charge on any atom is 0.387 e. The zero-order chi connectivity index (χ0) is 26.2. The van der Waals surface area contributed by atoms with Crippen LogP contribution in [0, 0.1) is 0 Å². The van der Waals surface area contributed by atoms with Crippen LogP contribution in [0.3, 0.4) is 0 Å². The standard InChI is InChI=1S/C27H24ClF2N3O4/c1-36-23-15-18(14-22(28)31-23)25(35)33-16-27(20-4-2-3-5-21(20)33)10-12-32(13-11-27)24(34)17-6-8-19(9-7-17)37-26(29)30/h2-9,14-15,26H,10-13,16H2,1H3. The highest BCUT2D eigenvalue weighted by Gasteiger charge is 2.47. The number of nitrogens with zero attached hydrogens (tertiary/aromatic N) is 3. The van der Waals surface area contributed by atoms with E-state index >= 15 is 0 Å². The van der Waals surface area contributed by atoms with Crippen LogP contribution in [-0.2, 0) is 5.41 Å². The number of carbonyl (C=O) groups excluding carboxylic acids is 2. The number of likely N-dealkylation sites (tertiary alicyclic amines) is 1. The number of piperidine rings is 1. The molecule has 2 aliphatic rings. The first-order chi connectivity index (χ1) is 17.8. The van der Waals surface area contributed by atoms with Gasteiger partial charge in [-0.15, -0.1) is 0 Å². The Morgan fingerprint density at radius 1 is 1.00 bits per heavy atom. The maximum absolute atomic E-state index is 13.6. The molecule has 0 radical (unpaired) electrons. The number of hydrogen-bond donors (Lipinski definition) is 0. The van der Waals surface area contributed by atoms with Crippen LogP contribution in [0.25, 0.3) is 0 Å². The van der Waals surface area contributed by atoms with E-state index in [1.165, 1.54) is 37.4 Å². The normalized spacial score (nSPS) is 16.1. The fraction of sp³-hybridized carbons (Fsp3) is 0.296. The van der Waals surface area contributed by atoms with Crippen LogP contribution < -0.4 is 14.4 Å². The average molecular weight is 528 g/mol. The summed E-state index contributed by atoms with van der Waals surface area (Å²) in [5.41, 5.74) is 2.42. The summed E-state index contributed by atoms with van der Waals surface area (Å²) in [5.74, 6) is -0.101. The molecule has 0 N–H and O–H groups in total. The number of para-hydroxylation sites is 1. The van der Waals surface area contributed by atoms with Gasteiger partial charge in [-0.25, -0.2) is 4.98 Å². The first kappa shape index (κ1) is 25.0. The number of halogens is 3. The number of benzene rings is 2. The number of carbonyl (C=O) groups is 2. The van der Waals surface area contributed by atoms with Gasteiger partial charge in [0.2, 0.25) is 5.88 Å². The number of aromatic nitrogens is 1. The lowest BCUT2D eigenvalue weighted by molar-refractivity contribution is -0.0498. The SMILES string of the molecule is COc1cc(C(=O)N2CC3(CCN(C(=O)c4ccc(OC(F)F)cc4)CC3)c3ccccc32)cc(Cl)n1. The van der Waals surface area contributed by atoms with Crippen LogP contribution in [0.2, 0.25) is 5.15 Å². The summed E-state index contributed by atoms with van der Waals surface area (Å²) in [6.45, 7) is -1.44. The molecule has 0 aliphatic carbocycles. The highest BCUT2D eigenvalue weighted by molar-refractivity contribution is 6.30. The van der Waals surface area contributed by atoms with Gasteiger partial charge in [-0.2, -0.15) is 8.78 Å². The minimum atomic E-state index is -2.92. The number of amides is 2. The third kappa shape index (κ3) is 4.83. The van der Waals surface area contributed by atoms with Crippen molar-refractivity contribution in [2.45, 2.75) is 24.9 Å². The number of rotatable bonds is 5. The van der Waals surface area contributed by atoms with Gasteiger partial charge in [-0.1, -0.05) is 29.8 Å². The van der Waals surface area contributed by atoms with Crippen LogP contribution in [0.1, 0.15) is 39.1 Å². The Morgan fingerprint density at radius 3 is 2.38 bits per heavy atom. The number of fused-ring (bicyclic) bond motifs is 2. The second kappa shape index (κ2) is 9.97. The number of pyridine rings is 1. The van der Waals surface area contributed by atoms with E-state index in [4.69, 9.17) is 16.3 Å². The van der Waals surface area contributed by atoms with Crippen LogP contribution >= 0.6 is 11.6 Å². The van der Waals surface area contributed by atoms with Gasteiger partial charge in [-0.05, 0) is 54.8 Å². The lowest BCUT2D eigenvalue weighted by Gasteiger charge is -2.40. The average Bonchev–Trinajstić information content (AvgIpc) is 3.22. The molecular weight excluding hydrogens is 504 g/mol. The van der Waals surface area contributed by atoms with E-state index in [-0.39, 0.29) is 34.0 Å². The first-order valence-electron chi connectivity index (χ1n) is 11.8. The van der Waals surface area contributed by atoms with Crippen molar-refractivity contribution in [2.24, 2.45) is 0 Å². The molecule has 1 aromatic heterocycles. The monoisotopic (exact) mass is 527 g/mol. The molecule has 7 nitrogen and oxygen atoms in total. The van der Waals surface area contributed by atoms with Gasteiger partial charge >= 0.3 is 6.61 Å². The first-order valence-corrected chi connectivity index (χ1v) is 12.1. The summed E-state index contributed by atoms with van der Waals surface area (Å²) < 4.78 is 34.4. The van der Waals surface area contributed by atoms with E-state index in [2.05, 4.69) is 9.72 Å². The zero-order valence-electron chi connectivity index (χ0n) is 20.0. The number of ether oxygens (including phenoxy) is 2. The van der Waals surface area contributed by atoms with E-state index in [0.717, 1.165) is 11.3 Å². The van der Waals surface area contributed by atoms with E-state index < -0.39 is 6.61 Å². The molecule has 0 atom stereocenters. The third-order valence-corrected chi connectivity index (χ3v) is 7.23. The summed E-state index contributed by atoms with van der Waals surface area (Å²) >= 11 is 6.11. The highest BCUT2D eigenvalue weighted by atomic mass is 35.5. The quantitative estimate of drug-likeness (QED) is 0.428. The molecule has 1 saturated heterocycles. The third-order valence-electron chi connectivity index (χ3n) is 7.03. The molecule has 2 aromatic carbocycles. The van der Waals surface area contributed by atoms with Crippen molar-refractivity contribution >= 4 is 29.1 Å². The van der Waals surface area contributed by atoms with Crippen molar-refractivity contribution in [1.29, 1.82) is 0 Å². The minimum absolute atomic E-state index is 0.00423. The summed E-state index contributed by atoms with van der Waals surface area (Å²) in [4.78, 5) is 34.2. The van der Waals surface area contributed by atoms with Crippen LogP contribution in [0.4, 0.5) is 14.5 Å². The van der Waals surface area contributed by atoms with E-state index in [9.17, 15) is 18.4 Å². The molecule has 0 saturated carbocycles. The van der Waals surface area contributed by atoms with Gasteiger partial charge in [0, 0.05) is 47.9 Å². The van der Waals surface area contributed by atoms with Gasteiger partial charge in [0.25, 0.3) is 11.8 Å². The van der Waals surface area contributed by atoms with Gasteiger partial charge in [0.15, 0.2) is 0 Å². The largest absolute Gasteiger partial charge is 0.481 e. The molecule has 3 heterocycles. The minimum Gasteiger partial charge on any atom is -0.481 e. The number of anilines is 1. The number of hydrogen-bond acceptors (Lipinski definition) is 5. The maximum atomic E-state index is 13.6. The van der Waals surface area contributed by atoms with Crippen molar-refractivity contribution in [2.75, 3.05) is 31.6 Å². The second-order valence-corrected chi connectivity index (χ2v) is 9.49. The smallest absolute Gasteiger partial charge is 0.387 e. The molecule has 1 fully saturated rings. The molecule has 192 valence electrons. The van der Waals surface area contributed by atoms with Crippen LogP contribution in [0.5, 0.6) is 11.6 Å². The van der Waals surface area contributed by atoms with E-state index in [1.807, 2.05) is 24.3 Å². The topological polar surface area (TPSA) is 72.0 Å². The van der Waals surface area contributed by atoms with Crippen molar-refractivity contribution < 1.29 is 27.8 Å². The van der Waals surface area contributed by atoms with E-state index in [1.54, 1.807) is 15.9 Å². The summed E-state index contributed by atoms with van der Waals surface area (Å²) in [7, 11) is 1.47. The van der Waals surface area contributed by atoms with Crippen molar-refractivity contribution in [3.05, 3.63) is 82.5 Å². The molecule has 3 aromatic rings. The lowest BCUT2D eigenvalue weighted by Crippen LogP contribution is -2.47. The molecule has 0 unspecified atom stereocenters. The molecule has 1 spiro atoms. The Labute approximate surface area is 217 Å². The lowest BCUT2D eigenvalue weighted by atomic mass is 9.74. The van der Waals surface area contributed by atoms with E-state index in [0.29, 0.717) is 43.6 Å². The molecule has 2 aliphatic heterocycles.